The zero-order chi connectivity index (χ0) is 24.9. The number of benzene rings is 1. The van der Waals surface area contributed by atoms with E-state index in [2.05, 4.69) is 16.0 Å². The van der Waals surface area contributed by atoms with Crippen LogP contribution in [0.15, 0.2) is 18.2 Å². The molecule has 2 heterocycles. The molecule has 10 nitrogen and oxygen atoms in total. The summed E-state index contributed by atoms with van der Waals surface area (Å²) >= 11 is 0. The molecule has 0 radical (unpaired) electrons. The molecule has 194 valence electrons. The second-order valence-corrected chi connectivity index (χ2v) is 10.5. The van der Waals surface area contributed by atoms with Gasteiger partial charge in [-0.3, -0.25) is 4.79 Å². The number of rotatable bonds is 5. The van der Waals surface area contributed by atoms with E-state index in [-0.39, 0.29) is 18.2 Å². The van der Waals surface area contributed by atoms with E-state index < -0.39 is 54.4 Å². The van der Waals surface area contributed by atoms with Gasteiger partial charge in [0.25, 0.3) is 0 Å². The van der Waals surface area contributed by atoms with Crippen molar-refractivity contribution in [1.29, 1.82) is 0 Å². The van der Waals surface area contributed by atoms with Gasteiger partial charge in [-0.25, -0.2) is 0 Å². The maximum Gasteiger partial charge on any atom is 0.224 e. The smallest absolute Gasteiger partial charge is 0.224 e. The van der Waals surface area contributed by atoms with Crippen LogP contribution in [0, 0.1) is 5.92 Å². The van der Waals surface area contributed by atoms with Gasteiger partial charge in [0.2, 0.25) is 11.7 Å². The molecule has 5 rings (SSSR count). The first kappa shape index (κ1) is 25.0. The van der Waals surface area contributed by atoms with Crippen LogP contribution < -0.4 is 16.0 Å². The average Bonchev–Trinajstić information content (AvgIpc) is 3.28. The monoisotopic (exact) mass is 491 g/mol. The van der Waals surface area contributed by atoms with Crippen molar-refractivity contribution in [3.63, 3.8) is 0 Å². The van der Waals surface area contributed by atoms with Gasteiger partial charge in [-0.2, -0.15) is 0 Å². The fourth-order valence-electron chi connectivity index (χ4n) is 6.27. The standard InChI is InChI=1S/C25H37N3O7/c1-12-6-16(28-18(29)9-13-4-5-14-10-33-11-15(14)8-13)25(32)17(7-12)34-24-22(31)19(26-2)21(30)20(27-3)23(24)35-25/h4-5,8,12,16-17,19-24,26-27,30-32H,6-7,9-11H2,1-3H3,(H,28,29)/t12-,16-,17-,19-,20+,21+,22+,23-,24-,25+/m1/s1. The van der Waals surface area contributed by atoms with Gasteiger partial charge in [-0.1, -0.05) is 25.1 Å². The first-order chi connectivity index (χ1) is 16.7. The Kier molecular flexibility index (Phi) is 6.92. The van der Waals surface area contributed by atoms with Crippen molar-refractivity contribution >= 4 is 5.91 Å². The van der Waals surface area contributed by atoms with E-state index in [9.17, 15) is 20.1 Å². The van der Waals surface area contributed by atoms with Gasteiger partial charge in [-0.05, 0) is 49.5 Å². The number of fused-ring (bicyclic) bond motifs is 3. The number of hydrogen-bond donors (Lipinski definition) is 6. The molecule has 1 aromatic rings. The van der Waals surface area contributed by atoms with Crippen LogP contribution in [-0.2, 0) is 38.6 Å². The summed E-state index contributed by atoms with van der Waals surface area (Å²) in [5.74, 6) is -1.84. The van der Waals surface area contributed by atoms with Crippen LogP contribution in [0.5, 0.6) is 0 Å². The van der Waals surface area contributed by atoms with Gasteiger partial charge < -0.3 is 45.5 Å². The van der Waals surface area contributed by atoms with Crippen molar-refractivity contribution in [2.24, 2.45) is 5.92 Å². The van der Waals surface area contributed by atoms with Crippen LogP contribution in [0.3, 0.4) is 0 Å². The van der Waals surface area contributed by atoms with Crippen molar-refractivity contribution in [3.05, 3.63) is 34.9 Å². The van der Waals surface area contributed by atoms with Crippen LogP contribution >= 0.6 is 0 Å². The summed E-state index contributed by atoms with van der Waals surface area (Å²) in [6.45, 7) is 3.20. The van der Waals surface area contributed by atoms with Gasteiger partial charge >= 0.3 is 0 Å². The molecular formula is C25H37N3O7. The Bertz CT molecular complexity index is 948. The molecule has 2 aliphatic carbocycles. The van der Waals surface area contributed by atoms with Crippen molar-refractivity contribution < 1.29 is 34.3 Å². The van der Waals surface area contributed by atoms with Crippen LogP contribution in [0.2, 0.25) is 0 Å². The number of carbonyl (C=O) groups excluding carboxylic acids is 1. The Hall–Kier alpha value is -1.63. The number of aliphatic hydroxyl groups is 3. The molecule has 10 atom stereocenters. The average molecular weight is 492 g/mol. The number of nitrogens with one attached hydrogen (secondary N) is 3. The normalized spacial score (nSPS) is 42.6. The topological polar surface area (TPSA) is 142 Å². The SMILES string of the molecule is CN[C@@H]1[C@H](O)[C@H](NC)[C@H]2O[C@@]3(O)[C@H](NC(=O)Cc4ccc5c(c4)COC5)C[C@@H](C)C[C@H]3O[C@@H]2[C@H]1O. The highest BCUT2D eigenvalue weighted by atomic mass is 16.7. The number of hydrogen-bond acceptors (Lipinski definition) is 9. The van der Waals surface area contributed by atoms with Crippen molar-refractivity contribution in [3.8, 4) is 0 Å². The second kappa shape index (κ2) is 9.68. The fourth-order valence-corrected chi connectivity index (χ4v) is 6.27. The van der Waals surface area contributed by atoms with Crippen molar-refractivity contribution in [2.45, 2.75) is 93.8 Å². The molecule has 1 saturated heterocycles. The number of amides is 1. The van der Waals surface area contributed by atoms with Gasteiger partial charge in [-0.15, -0.1) is 0 Å². The molecule has 2 saturated carbocycles. The minimum Gasteiger partial charge on any atom is -0.390 e. The summed E-state index contributed by atoms with van der Waals surface area (Å²) in [6, 6.07) is 4.02. The third-order valence-electron chi connectivity index (χ3n) is 8.13. The Labute approximate surface area is 205 Å². The van der Waals surface area contributed by atoms with Gasteiger partial charge in [0.1, 0.15) is 24.4 Å². The Morgan fingerprint density at radius 3 is 2.54 bits per heavy atom. The lowest BCUT2D eigenvalue weighted by atomic mass is 9.75. The molecule has 3 fully saturated rings. The quantitative estimate of drug-likeness (QED) is 0.304. The molecular weight excluding hydrogens is 454 g/mol. The third-order valence-corrected chi connectivity index (χ3v) is 8.13. The number of likely N-dealkylation sites (N-methyl/N-ethyl adjacent to an activating group) is 2. The highest BCUT2D eigenvalue weighted by molar-refractivity contribution is 5.79. The summed E-state index contributed by atoms with van der Waals surface area (Å²) in [5.41, 5.74) is 3.13. The highest BCUT2D eigenvalue weighted by Crippen LogP contribution is 2.44. The predicted molar refractivity (Wildman–Crippen MR) is 125 cm³/mol. The van der Waals surface area contributed by atoms with E-state index in [1.54, 1.807) is 14.1 Å². The van der Waals surface area contributed by atoms with E-state index in [4.69, 9.17) is 14.2 Å². The zero-order valence-electron chi connectivity index (χ0n) is 20.4. The molecule has 2 aliphatic heterocycles. The van der Waals surface area contributed by atoms with Crippen LogP contribution in [0.4, 0.5) is 0 Å². The number of ether oxygens (including phenoxy) is 3. The molecule has 0 unspecified atom stereocenters. The molecule has 0 bridgehead atoms. The lowest BCUT2D eigenvalue weighted by molar-refractivity contribution is -0.392. The third kappa shape index (κ3) is 4.40. The Balaban J connectivity index is 1.34. The van der Waals surface area contributed by atoms with E-state index in [1.807, 2.05) is 25.1 Å². The molecule has 6 N–H and O–H groups in total. The first-order valence-electron chi connectivity index (χ1n) is 12.5. The molecule has 1 amide bonds. The molecule has 4 aliphatic rings. The zero-order valence-corrected chi connectivity index (χ0v) is 20.4. The van der Waals surface area contributed by atoms with Gasteiger partial charge in [0.15, 0.2) is 0 Å². The summed E-state index contributed by atoms with van der Waals surface area (Å²) in [4.78, 5) is 13.0. The summed E-state index contributed by atoms with van der Waals surface area (Å²) < 4.78 is 18.0. The second-order valence-electron chi connectivity index (χ2n) is 10.5. The van der Waals surface area contributed by atoms with E-state index in [0.29, 0.717) is 26.1 Å². The minimum absolute atomic E-state index is 0.161. The predicted octanol–water partition coefficient (Wildman–Crippen LogP) is -1.07. The Morgan fingerprint density at radius 1 is 1.06 bits per heavy atom. The largest absolute Gasteiger partial charge is 0.390 e. The Morgan fingerprint density at radius 2 is 1.80 bits per heavy atom. The van der Waals surface area contributed by atoms with Crippen LogP contribution in [-0.4, -0.2) is 89.8 Å². The fraction of sp³-hybridized carbons (Fsp3) is 0.720. The lowest BCUT2D eigenvalue weighted by Crippen LogP contribution is -2.78. The van der Waals surface area contributed by atoms with Crippen molar-refractivity contribution in [2.75, 3.05) is 14.1 Å². The molecule has 35 heavy (non-hydrogen) atoms. The van der Waals surface area contributed by atoms with E-state index >= 15 is 0 Å². The summed E-state index contributed by atoms with van der Waals surface area (Å²) in [6.07, 6.45) is -3.05. The molecule has 0 aromatic heterocycles. The molecule has 1 aromatic carbocycles. The van der Waals surface area contributed by atoms with E-state index in [0.717, 1.165) is 16.7 Å². The summed E-state index contributed by atoms with van der Waals surface area (Å²) in [5, 5.41) is 42.5. The molecule has 0 spiro atoms. The van der Waals surface area contributed by atoms with E-state index in [1.165, 1.54) is 0 Å². The van der Waals surface area contributed by atoms with Crippen LogP contribution in [0.1, 0.15) is 36.5 Å². The number of aliphatic hydroxyl groups excluding tert-OH is 2. The maximum absolute atomic E-state index is 13.0. The number of carbonyl (C=O) groups is 1. The molecule has 10 heteroatoms. The van der Waals surface area contributed by atoms with Crippen LogP contribution in [0.25, 0.3) is 0 Å². The maximum atomic E-state index is 13.0. The van der Waals surface area contributed by atoms with Crippen molar-refractivity contribution in [1.82, 2.24) is 16.0 Å². The lowest BCUT2D eigenvalue weighted by Gasteiger charge is -2.58. The minimum atomic E-state index is -1.78. The van der Waals surface area contributed by atoms with Gasteiger partial charge in [0.05, 0.1) is 43.9 Å². The highest BCUT2D eigenvalue weighted by Gasteiger charge is 2.62. The summed E-state index contributed by atoms with van der Waals surface area (Å²) in [7, 11) is 3.37. The van der Waals surface area contributed by atoms with Gasteiger partial charge in [0, 0.05) is 0 Å². The first-order valence-corrected chi connectivity index (χ1v) is 12.5.